The molecule has 0 aromatic heterocycles. The minimum Gasteiger partial charge on any atom is -0.497 e. The summed E-state index contributed by atoms with van der Waals surface area (Å²) in [6.07, 6.45) is 0.828. The fraction of sp³-hybridized carbons (Fsp3) is 0.667. The van der Waals surface area contributed by atoms with Crippen LogP contribution in [-0.4, -0.2) is 67.5 Å². The van der Waals surface area contributed by atoms with E-state index in [0.29, 0.717) is 12.1 Å². The Labute approximate surface area is 139 Å². The first-order valence-corrected chi connectivity index (χ1v) is 8.39. The average molecular weight is 322 g/mol. The summed E-state index contributed by atoms with van der Waals surface area (Å²) in [6, 6.07) is 6.92. The van der Waals surface area contributed by atoms with E-state index in [2.05, 4.69) is 29.7 Å². The minimum absolute atomic E-state index is 0.244. The number of piperazine rings is 1. The second kappa shape index (κ2) is 8.52. The van der Waals surface area contributed by atoms with Gasteiger partial charge >= 0.3 is 0 Å². The molecule has 1 aliphatic heterocycles. The van der Waals surface area contributed by atoms with Crippen LogP contribution in [0.1, 0.15) is 25.8 Å². The molecule has 130 valence electrons. The zero-order valence-electron chi connectivity index (χ0n) is 14.8. The van der Waals surface area contributed by atoms with Crippen molar-refractivity contribution in [3.8, 4) is 11.5 Å². The highest BCUT2D eigenvalue weighted by molar-refractivity contribution is 5.40. The van der Waals surface area contributed by atoms with Gasteiger partial charge < -0.3 is 14.6 Å². The van der Waals surface area contributed by atoms with Crippen LogP contribution in [0.4, 0.5) is 0 Å². The third-order valence-electron chi connectivity index (χ3n) is 4.63. The Hall–Kier alpha value is -1.30. The largest absolute Gasteiger partial charge is 0.497 e. The van der Waals surface area contributed by atoms with Crippen LogP contribution in [0, 0.1) is 0 Å². The zero-order chi connectivity index (χ0) is 16.8. The van der Waals surface area contributed by atoms with Gasteiger partial charge in [0.05, 0.1) is 14.2 Å². The summed E-state index contributed by atoms with van der Waals surface area (Å²) in [7, 11) is 3.36. The molecule has 5 heteroatoms. The van der Waals surface area contributed by atoms with E-state index in [1.807, 2.05) is 12.1 Å². The lowest BCUT2D eigenvalue weighted by molar-refractivity contribution is 0.0346. The predicted molar refractivity (Wildman–Crippen MR) is 92.2 cm³/mol. The van der Waals surface area contributed by atoms with Crippen LogP contribution >= 0.6 is 0 Å². The van der Waals surface area contributed by atoms with Crippen LogP contribution in [0.3, 0.4) is 0 Å². The summed E-state index contributed by atoms with van der Waals surface area (Å²) in [5, 5.41) is 9.35. The van der Waals surface area contributed by atoms with Crippen molar-refractivity contribution >= 4 is 0 Å². The summed E-state index contributed by atoms with van der Waals surface area (Å²) in [5.41, 5.74) is 1.18. The first kappa shape index (κ1) is 18.0. The number of benzene rings is 1. The topological polar surface area (TPSA) is 45.2 Å². The molecule has 0 unspecified atom stereocenters. The molecule has 0 radical (unpaired) electrons. The van der Waals surface area contributed by atoms with Gasteiger partial charge in [0, 0.05) is 56.5 Å². The molecule has 1 fully saturated rings. The Balaban J connectivity index is 2.06. The van der Waals surface area contributed by atoms with Crippen molar-refractivity contribution in [1.82, 2.24) is 9.80 Å². The molecule has 0 spiro atoms. The van der Waals surface area contributed by atoms with E-state index in [0.717, 1.165) is 44.1 Å². The fourth-order valence-corrected chi connectivity index (χ4v) is 3.39. The van der Waals surface area contributed by atoms with Gasteiger partial charge in [-0.15, -0.1) is 0 Å². The van der Waals surface area contributed by atoms with Crippen LogP contribution in [0.2, 0.25) is 0 Å². The number of hydrogen-bond donors (Lipinski definition) is 1. The lowest BCUT2D eigenvalue weighted by atomic mass is 10.1. The standard InChI is InChI=1S/C18H30N2O3/c1-14(2)20-9-8-19(13-16(20)7-10-21)12-15-5-6-17(22-3)11-18(15)23-4/h5-6,11,14,16,21H,7-10,12-13H2,1-4H3/t16-/m1/s1. The molecule has 1 heterocycles. The third kappa shape index (κ3) is 4.59. The molecule has 23 heavy (non-hydrogen) atoms. The van der Waals surface area contributed by atoms with Crippen molar-refractivity contribution in [3.05, 3.63) is 23.8 Å². The van der Waals surface area contributed by atoms with E-state index in [1.165, 1.54) is 5.56 Å². The van der Waals surface area contributed by atoms with Gasteiger partial charge in [0.2, 0.25) is 0 Å². The van der Waals surface area contributed by atoms with Gasteiger partial charge in [-0.1, -0.05) is 6.07 Å². The van der Waals surface area contributed by atoms with Crippen molar-refractivity contribution in [1.29, 1.82) is 0 Å². The maximum Gasteiger partial charge on any atom is 0.127 e. The van der Waals surface area contributed by atoms with Crippen LogP contribution < -0.4 is 9.47 Å². The summed E-state index contributed by atoms with van der Waals surface area (Å²) < 4.78 is 10.8. The number of aliphatic hydroxyl groups excluding tert-OH is 1. The maximum absolute atomic E-state index is 9.35. The quantitative estimate of drug-likeness (QED) is 0.832. The number of ether oxygens (including phenoxy) is 2. The van der Waals surface area contributed by atoms with Gasteiger partial charge in [0.25, 0.3) is 0 Å². The van der Waals surface area contributed by atoms with E-state index >= 15 is 0 Å². The Morgan fingerprint density at radius 1 is 1.22 bits per heavy atom. The highest BCUT2D eigenvalue weighted by Crippen LogP contribution is 2.27. The van der Waals surface area contributed by atoms with Gasteiger partial charge in [-0.2, -0.15) is 0 Å². The average Bonchev–Trinajstić information content (AvgIpc) is 2.55. The van der Waals surface area contributed by atoms with Crippen LogP contribution in [-0.2, 0) is 6.54 Å². The van der Waals surface area contributed by atoms with Crippen LogP contribution in [0.5, 0.6) is 11.5 Å². The second-order valence-electron chi connectivity index (χ2n) is 6.41. The number of rotatable bonds is 7. The summed E-state index contributed by atoms with van der Waals surface area (Å²) in [4.78, 5) is 4.95. The molecule has 1 aromatic rings. The summed E-state index contributed by atoms with van der Waals surface area (Å²) >= 11 is 0. The van der Waals surface area contributed by atoms with E-state index < -0.39 is 0 Å². The van der Waals surface area contributed by atoms with Crippen molar-refractivity contribution in [2.24, 2.45) is 0 Å². The molecule has 0 amide bonds. The Kier molecular flexibility index (Phi) is 6.69. The molecule has 5 nitrogen and oxygen atoms in total. The Morgan fingerprint density at radius 3 is 2.61 bits per heavy atom. The Bertz CT molecular complexity index is 493. The highest BCUT2D eigenvalue weighted by Gasteiger charge is 2.28. The molecule has 0 saturated carbocycles. The van der Waals surface area contributed by atoms with Gasteiger partial charge in [-0.3, -0.25) is 9.80 Å². The van der Waals surface area contributed by atoms with Crippen LogP contribution in [0.25, 0.3) is 0 Å². The fourth-order valence-electron chi connectivity index (χ4n) is 3.39. The molecule has 1 aliphatic rings. The molecule has 1 saturated heterocycles. The van der Waals surface area contributed by atoms with E-state index in [1.54, 1.807) is 14.2 Å². The number of nitrogens with zero attached hydrogens (tertiary/aromatic N) is 2. The molecule has 1 aromatic carbocycles. The van der Waals surface area contributed by atoms with E-state index in [4.69, 9.17) is 9.47 Å². The first-order valence-electron chi connectivity index (χ1n) is 8.39. The molecule has 2 rings (SSSR count). The van der Waals surface area contributed by atoms with E-state index in [9.17, 15) is 5.11 Å². The van der Waals surface area contributed by atoms with Gasteiger partial charge in [0.1, 0.15) is 11.5 Å². The van der Waals surface area contributed by atoms with Gasteiger partial charge in [0.15, 0.2) is 0 Å². The molecule has 0 aliphatic carbocycles. The Morgan fingerprint density at radius 2 is 2.00 bits per heavy atom. The molecule has 1 N–H and O–H groups in total. The van der Waals surface area contributed by atoms with Crippen molar-refractivity contribution in [3.63, 3.8) is 0 Å². The number of methoxy groups -OCH3 is 2. The highest BCUT2D eigenvalue weighted by atomic mass is 16.5. The SMILES string of the molecule is COc1ccc(CN2CCN(C(C)C)[C@H](CCO)C2)c(OC)c1. The van der Waals surface area contributed by atoms with Crippen LogP contribution in [0.15, 0.2) is 18.2 Å². The van der Waals surface area contributed by atoms with E-state index in [-0.39, 0.29) is 6.61 Å². The predicted octanol–water partition coefficient (Wildman–Crippen LogP) is 1.98. The lowest BCUT2D eigenvalue weighted by Gasteiger charge is -2.43. The monoisotopic (exact) mass is 322 g/mol. The van der Waals surface area contributed by atoms with Gasteiger partial charge in [-0.05, 0) is 26.3 Å². The van der Waals surface area contributed by atoms with Crippen molar-refractivity contribution < 1.29 is 14.6 Å². The van der Waals surface area contributed by atoms with Crippen molar-refractivity contribution in [2.75, 3.05) is 40.5 Å². The zero-order valence-corrected chi connectivity index (χ0v) is 14.8. The second-order valence-corrected chi connectivity index (χ2v) is 6.41. The molecule has 0 bridgehead atoms. The summed E-state index contributed by atoms with van der Waals surface area (Å²) in [5.74, 6) is 1.68. The number of aliphatic hydroxyl groups is 1. The number of hydrogen-bond acceptors (Lipinski definition) is 5. The maximum atomic E-state index is 9.35. The molecular formula is C18H30N2O3. The minimum atomic E-state index is 0.244. The third-order valence-corrected chi connectivity index (χ3v) is 4.63. The smallest absolute Gasteiger partial charge is 0.127 e. The lowest BCUT2D eigenvalue weighted by Crippen LogP contribution is -2.55. The molecule has 1 atom stereocenters. The van der Waals surface area contributed by atoms with Gasteiger partial charge in [-0.25, -0.2) is 0 Å². The molecular weight excluding hydrogens is 292 g/mol. The van der Waals surface area contributed by atoms with Crippen molar-refractivity contribution in [2.45, 2.75) is 38.9 Å². The normalized spacial score (nSPS) is 20.0. The first-order chi connectivity index (χ1) is 11.1. The summed E-state index contributed by atoms with van der Waals surface area (Å²) in [6.45, 7) is 8.62.